The van der Waals surface area contributed by atoms with E-state index < -0.39 is 17.4 Å². The smallest absolute Gasteiger partial charge is 0.236 e. The average molecular weight is 196 g/mol. The molecule has 0 saturated heterocycles. The molecule has 0 aromatic carbocycles. The maximum absolute atomic E-state index is 10.9. The van der Waals surface area contributed by atoms with Gasteiger partial charge in [-0.15, -0.1) is 0 Å². The summed E-state index contributed by atoms with van der Waals surface area (Å²) >= 11 is -1.49. The Labute approximate surface area is 75.3 Å². The lowest BCUT2D eigenvalue weighted by Gasteiger charge is -2.20. The Hall–Kier alpha value is -0.0100. The minimum absolute atomic E-state index is 0.234. The Morgan fingerprint density at radius 1 is 1.75 bits per heavy atom. The third-order valence-corrected chi connectivity index (χ3v) is 2.39. The fraction of sp³-hybridized carbons (Fsp3) is 1.00. The van der Waals surface area contributed by atoms with E-state index in [-0.39, 0.29) is 12.6 Å². The zero-order valence-corrected chi connectivity index (χ0v) is 8.37. The zero-order chi connectivity index (χ0) is 9.72. The third kappa shape index (κ3) is 4.13. The molecule has 6 heteroatoms. The summed E-state index contributed by atoms with van der Waals surface area (Å²) in [6, 6.07) is -0.332. The number of hydrogen-bond acceptors (Lipinski definition) is 4. The van der Waals surface area contributed by atoms with E-state index in [9.17, 15) is 9.32 Å². The van der Waals surface area contributed by atoms with Crippen molar-refractivity contribution in [2.75, 3.05) is 20.7 Å². The average Bonchev–Trinajstić information content (AvgIpc) is 2.02. The zero-order valence-electron chi connectivity index (χ0n) is 7.56. The second-order valence-corrected chi connectivity index (χ2v) is 4.01. The number of nitrogens with zero attached hydrogens (tertiary/aromatic N) is 1. The van der Waals surface area contributed by atoms with Gasteiger partial charge in [0.15, 0.2) is 0 Å². The van der Waals surface area contributed by atoms with Crippen LogP contribution in [0.25, 0.3) is 0 Å². The summed E-state index contributed by atoms with van der Waals surface area (Å²) in [5.41, 5.74) is 5.41. The molecule has 0 fully saturated rings. The molecule has 0 bridgehead atoms. The van der Waals surface area contributed by atoms with Crippen molar-refractivity contribution < 1.29 is 13.5 Å². The molecule has 0 aliphatic heterocycles. The lowest BCUT2D eigenvalue weighted by molar-refractivity contribution is 0.130. The quantitative estimate of drug-likeness (QED) is 0.582. The molecular formula is C6H16N2O3S. The van der Waals surface area contributed by atoms with E-state index >= 15 is 0 Å². The lowest BCUT2D eigenvalue weighted by Crippen LogP contribution is -2.41. The van der Waals surface area contributed by atoms with Crippen LogP contribution in [0.1, 0.15) is 6.92 Å². The molecule has 0 amide bonds. The highest BCUT2D eigenvalue weighted by Crippen LogP contribution is 1.97. The fourth-order valence-electron chi connectivity index (χ4n) is 0.618. The fourth-order valence-corrected chi connectivity index (χ4v) is 1.15. The van der Waals surface area contributed by atoms with Crippen molar-refractivity contribution >= 4 is 11.3 Å². The van der Waals surface area contributed by atoms with Crippen molar-refractivity contribution in [3.63, 3.8) is 0 Å². The van der Waals surface area contributed by atoms with Crippen molar-refractivity contribution in [1.29, 1.82) is 0 Å². The van der Waals surface area contributed by atoms with E-state index in [2.05, 4.69) is 4.18 Å². The minimum Gasteiger partial charge on any atom is -0.390 e. The van der Waals surface area contributed by atoms with Gasteiger partial charge in [-0.1, -0.05) is 0 Å². The van der Waals surface area contributed by atoms with Gasteiger partial charge in [0.2, 0.25) is 11.3 Å². The van der Waals surface area contributed by atoms with Gasteiger partial charge < -0.3 is 10.8 Å². The van der Waals surface area contributed by atoms with E-state index in [4.69, 9.17) is 5.73 Å². The highest BCUT2D eigenvalue weighted by molar-refractivity contribution is 7.77. The van der Waals surface area contributed by atoms with Crippen LogP contribution in [0.4, 0.5) is 0 Å². The van der Waals surface area contributed by atoms with Crippen LogP contribution in [0.5, 0.6) is 0 Å². The molecule has 0 saturated carbocycles. The molecule has 74 valence electrons. The molecule has 0 spiro atoms. The van der Waals surface area contributed by atoms with Crippen LogP contribution >= 0.6 is 0 Å². The van der Waals surface area contributed by atoms with Crippen LogP contribution in [0.15, 0.2) is 0 Å². The maximum Gasteiger partial charge on any atom is 0.236 e. The number of nitrogens with two attached hydrogens (primary N) is 1. The van der Waals surface area contributed by atoms with Gasteiger partial charge in [0.1, 0.15) is 0 Å². The van der Waals surface area contributed by atoms with Crippen LogP contribution < -0.4 is 5.73 Å². The Morgan fingerprint density at radius 3 is 2.58 bits per heavy atom. The van der Waals surface area contributed by atoms with Gasteiger partial charge in [-0.3, -0.25) is 4.18 Å². The van der Waals surface area contributed by atoms with E-state index in [0.717, 1.165) is 0 Å². The Balaban J connectivity index is 3.83. The molecule has 3 N–H and O–H groups in total. The molecule has 0 aromatic heterocycles. The summed E-state index contributed by atoms with van der Waals surface area (Å²) in [6.07, 6.45) is -0.686. The monoisotopic (exact) mass is 196 g/mol. The summed E-state index contributed by atoms with van der Waals surface area (Å²) < 4.78 is 16.9. The number of aliphatic hydroxyl groups is 1. The molecular weight excluding hydrogens is 180 g/mol. The number of rotatable bonds is 5. The molecule has 0 rings (SSSR count). The largest absolute Gasteiger partial charge is 0.390 e. The maximum atomic E-state index is 10.9. The Morgan fingerprint density at radius 2 is 2.25 bits per heavy atom. The van der Waals surface area contributed by atoms with E-state index in [0.29, 0.717) is 0 Å². The minimum atomic E-state index is -1.49. The first-order valence-corrected chi connectivity index (χ1v) is 4.63. The summed E-state index contributed by atoms with van der Waals surface area (Å²) in [5, 5.41) is 9.28. The molecule has 0 radical (unpaired) electrons. The molecule has 5 nitrogen and oxygen atoms in total. The van der Waals surface area contributed by atoms with Crippen molar-refractivity contribution in [3.05, 3.63) is 0 Å². The predicted molar refractivity (Wildman–Crippen MR) is 47.4 cm³/mol. The lowest BCUT2D eigenvalue weighted by atomic mass is 10.2. The molecule has 12 heavy (non-hydrogen) atoms. The van der Waals surface area contributed by atoms with E-state index in [1.54, 1.807) is 14.0 Å². The standard InChI is InChI=1S/C6H16N2O3S/c1-5(7)6(9)4-8(2)12(10)11-3/h5-6,9H,4,7H2,1-3H3. The normalized spacial score (nSPS) is 19.2. The number of aliphatic hydroxyl groups excluding tert-OH is 1. The second kappa shape index (κ2) is 5.60. The Bertz CT molecular complexity index is 154. The van der Waals surface area contributed by atoms with E-state index in [1.165, 1.54) is 11.4 Å². The van der Waals surface area contributed by atoms with Crippen molar-refractivity contribution in [2.45, 2.75) is 19.1 Å². The van der Waals surface area contributed by atoms with Gasteiger partial charge in [-0.2, -0.15) is 0 Å². The van der Waals surface area contributed by atoms with Crippen molar-refractivity contribution in [1.82, 2.24) is 4.31 Å². The molecule has 0 aliphatic rings. The van der Waals surface area contributed by atoms with Gasteiger partial charge in [0.25, 0.3) is 0 Å². The van der Waals surface area contributed by atoms with Crippen LogP contribution in [0.3, 0.4) is 0 Å². The molecule has 3 atom stereocenters. The van der Waals surface area contributed by atoms with Crippen molar-refractivity contribution in [3.8, 4) is 0 Å². The summed E-state index contributed by atoms with van der Waals surface area (Å²) in [7, 11) is 2.93. The Kier molecular flexibility index (Phi) is 5.60. The summed E-state index contributed by atoms with van der Waals surface area (Å²) in [5.74, 6) is 0. The SMILES string of the molecule is COS(=O)N(C)CC(O)C(C)N. The van der Waals surface area contributed by atoms with Gasteiger partial charge in [0, 0.05) is 19.6 Å². The van der Waals surface area contributed by atoms with Gasteiger partial charge in [-0.25, -0.2) is 8.51 Å². The highest BCUT2D eigenvalue weighted by Gasteiger charge is 2.15. The molecule has 3 unspecified atom stereocenters. The van der Waals surface area contributed by atoms with E-state index in [1.807, 2.05) is 0 Å². The highest BCUT2D eigenvalue weighted by atomic mass is 32.2. The van der Waals surface area contributed by atoms with Crippen molar-refractivity contribution in [2.24, 2.45) is 5.73 Å². The summed E-state index contributed by atoms with van der Waals surface area (Å²) in [6.45, 7) is 1.92. The van der Waals surface area contributed by atoms with Gasteiger partial charge in [-0.05, 0) is 6.92 Å². The first kappa shape index (κ1) is 12.0. The van der Waals surface area contributed by atoms with Gasteiger partial charge >= 0.3 is 0 Å². The van der Waals surface area contributed by atoms with Gasteiger partial charge in [0.05, 0.1) is 13.2 Å². The van der Waals surface area contributed by atoms with Crippen LogP contribution in [0.2, 0.25) is 0 Å². The summed E-state index contributed by atoms with van der Waals surface area (Å²) in [4.78, 5) is 0. The molecule has 0 aliphatic carbocycles. The van der Waals surface area contributed by atoms with Crippen LogP contribution in [-0.2, 0) is 15.4 Å². The third-order valence-electron chi connectivity index (χ3n) is 1.45. The number of hydrogen-bond donors (Lipinski definition) is 2. The molecule has 0 aromatic rings. The second-order valence-electron chi connectivity index (χ2n) is 2.62. The molecule has 0 heterocycles. The first-order valence-electron chi connectivity index (χ1n) is 3.60. The first-order chi connectivity index (χ1) is 5.49. The topological polar surface area (TPSA) is 75.8 Å². The van der Waals surface area contributed by atoms with Crippen LogP contribution in [-0.4, -0.2) is 46.5 Å². The van der Waals surface area contributed by atoms with Crippen LogP contribution in [0, 0.1) is 0 Å². The number of likely N-dealkylation sites (N-methyl/N-ethyl adjacent to an activating group) is 1. The predicted octanol–water partition coefficient (Wildman–Crippen LogP) is -1.15.